The number of sulfonamides is 1. The lowest BCUT2D eigenvalue weighted by Crippen LogP contribution is -2.42. The number of aryl methyl sites for hydroxylation is 1. The summed E-state index contributed by atoms with van der Waals surface area (Å²) < 4.78 is 28.2. The lowest BCUT2D eigenvalue weighted by atomic mass is 9.75. The topological polar surface area (TPSA) is 78.4 Å². The molecule has 0 heterocycles. The highest BCUT2D eigenvalue weighted by molar-refractivity contribution is 7.89. The molecule has 0 saturated heterocycles. The van der Waals surface area contributed by atoms with Gasteiger partial charge in [-0.2, -0.15) is 0 Å². The van der Waals surface area contributed by atoms with E-state index in [1.807, 2.05) is 12.1 Å². The van der Waals surface area contributed by atoms with Crippen molar-refractivity contribution in [2.75, 3.05) is 13.1 Å². The van der Waals surface area contributed by atoms with E-state index in [1.54, 1.807) is 24.3 Å². The van der Waals surface area contributed by atoms with Crippen LogP contribution in [0.15, 0.2) is 77.7 Å². The number of phenolic OH excluding ortho intramolecular Hbond substituents is 1. The molecule has 2 aliphatic rings. The molecule has 1 fully saturated rings. The normalized spacial score (nSPS) is 23.6. The van der Waals surface area contributed by atoms with Crippen LogP contribution in [0, 0.1) is 11.8 Å². The van der Waals surface area contributed by atoms with Crippen molar-refractivity contribution in [3.8, 4) is 5.75 Å². The van der Waals surface area contributed by atoms with Crippen LogP contribution < -0.4 is 10.0 Å². The number of hydrogen-bond acceptors (Lipinski definition) is 4. The molecule has 5 rings (SSSR count). The van der Waals surface area contributed by atoms with Crippen LogP contribution in [0.25, 0.3) is 0 Å². The fourth-order valence-corrected chi connectivity index (χ4v) is 7.82. The molecule has 38 heavy (non-hydrogen) atoms. The molecule has 0 bridgehead atoms. The van der Waals surface area contributed by atoms with Crippen molar-refractivity contribution in [1.82, 2.24) is 10.0 Å². The fourth-order valence-electron chi connectivity index (χ4n) is 6.19. The summed E-state index contributed by atoms with van der Waals surface area (Å²) in [5, 5.41) is 14.2. The van der Waals surface area contributed by atoms with Gasteiger partial charge in [-0.25, -0.2) is 13.1 Å². The van der Waals surface area contributed by atoms with E-state index in [4.69, 9.17) is 11.6 Å². The summed E-state index contributed by atoms with van der Waals surface area (Å²) >= 11 is 6.10. The highest BCUT2D eigenvalue weighted by Crippen LogP contribution is 2.37. The van der Waals surface area contributed by atoms with Gasteiger partial charge in [0, 0.05) is 18.5 Å². The number of hydrogen-bond donors (Lipinski definition) is 3. The number of halogens is 1. The Balaban J connectivity index is 1.15. The lowest BCUT2D eigenvalue weighted by Gasteiger charge is -2.37. The van der Waals surface area contributed by atoms with E-state index in [0.29, 0.717) is 36.1 Å². The second-order valence-electron chi connectivity index (χ2n) is 10.9. The van der Waals surface area contributed by atoms with E-state index in [-0.39, 0.29) is 9.92 Å². The molecule has 3 aromatic carbocycles. The zero-order valence-corrected chi connectivity index (χ0v) is 23.2. The van der Waals surface area contributed by atoms with Gasteiger partial charge in [-0.05, 0) is 104 Å². The van der Waals surface area contributed by atoms with Crippen LogP contribution in [-0.2, 0) is 22.9 Å². The predicted octanol–water partition coefficient (Wildman–Crippen LogP) is 6.06. The summed E-state index contributed by atoms with van der Waals surface area (Å²) in [7, 11) is -3.60. The van der Waals surface area contributed by atoms with Gasteiger partial charge in [0.1, 0.15) is 10.6 Å². The molecule has 3 N–H and O–H groups in total. The van der Waals surface area contributed by atoms with Gasteiger partial charge in [0.2, 0.25) is 10.0 Å². The maximum absolute atomic E-state index is 12.7. The third-order valence-corrected chi connectivity index (χ3v) is 10.3. The molecule has 202 valence electrons. The lowest BCUT2D eigenvalue weighted by molar-refractivity contribution is 0.252. The summed E-state index contributed by atoms with van der Waals surface area (Å²) in [4.78, 5) is 0.147. The van der Waals surface area contributed by atoms with E-state index in [0.717, 1.165) is 51.5 Å². The average molecular weight is 553 g/mol. The van der Waals surface area contributed by atoms with Gasteiger partial charge in [0.15, 0.2) is 0 Å². The van der Waals surface area contributed by atoms with Crippen molar-refractivity contribution in [1.29, 1.82) is 0 Å². The van der Waals surface area contributed by atoms with Crippen molar-refractivity contribution in [2.24, 2.45) is 11.8 Å². The molecule has 2 atom stereocenters. The molecule has 0 aromatic heterocycles. The summed E-state index contributed by atoms with van der Waals surface area (Å²) in [6.07, 6.45) is 7.28. The Hall–Kier alpha value is -2.38. The zero-order valence-electron chi connectivity index (χ0n) is 21.7. The van der Waals surface area contributed by atoms with Crippen molar-refractivity contribution in [3.05, 3.63) is 94.5 Å². The van der Waals surface area contributed by atoms with Crippen LogP contribution >= 0.6 is 11.6 Å². The maximum atomic E-state index is 12.7. The Bertz CT molecular complexity index is 1320. The van der Waals surface area contributed by atoms with Crippen molar-refractivity contribution in [2.45, 2.75) is 61.8 Å². The molecule has 2 aliphatic carbocycles. The highest BCUT2D eigenvalue weighted by Gasteiger charge is 2.31. The molecule has 1 saturated carbocycles. The van der Waals surface area contributed by atoms with Crippen LogP contribution in [-0.4, -0.2) is 32.7 Å². The van der Waals surface area contributed by atoms with Gasteiger partial charge in [-0.1, -0.05) is 60.1 Å². The quantitative estimate of drug-likeness (QED) is 0.301. The molecular formula is C31H37ClN2O3S. The van der Waals surface area contributed by atoms with Crippen molar-refractivity contribution >= 4 is 21.6 Å². The summed E-state index contributed by atoms with van der Waals surface area (Å²) in [5.74, 6) is 1.67. The van der Waals surface area contributed by atoms with E-state index >= 15 is 0 Å². The molecule has 7 heteroatoms. The molecule has 2 unspecified atom stereocenters. The van der Waals surface area contributed by atoms with Crippen molar-refractivity contribution in [3.63, 3.8) is 0 Å². The van der Waals surface area contributed by atoms with E-state index in [1.165, 1.54) is 16.7 Å². The molecule has 0 radical (unpaired) electrons. The van der Waals surface area contributed by atoms with E-state index in [9.17, 15) is 13.5 Å². The van der Waals surface area contributed by atoms with Crippen molar-refractivity contribution < 1.29 is 13.5 Å². The van der Waals surface area contributed by atoms with E-state index in [2.05, 4.69) is 46.4 Å². The van der Waals surface area contributed by atoms with Crippen LogP contribution in [0.2, 0.25) is 5.02 Å². The second-order valence-corrected chi connectivity index (χ2v) is 13.0. The van der Waals surface area contributed by atoms with Gasteiger partial charge in [0.25, 0.3) is 0 Å². The largest absolute Gasteiger partial charge is 0.508 e. The minimum absolute atomic E-state index is 0.147. The molecule has 0 amide bonds. The Labute approximate surface area is 231 Å². The Kier molecular flexibility index (Phi) is 8.74. The summed E-state index contributed by atoms with van der Waals surface area (Å²) in [5.41, 5.74) is 3.96. The summed E-state index contributed by atoms with van der Waals surface area (Å²) in [6, 6.07) is 23.5. The minimum atomic E-state index is -3.60. The SMILES string of the molecule is O=S(=O)(NCC1CCC(CNC2CCc3cc(O)ccc3C2Cc2ccccc2)CC1)c1ccccc1Cl. The number of rotatable bonds is 9. The number of fused-ring (bicyclic) bond motifs is 1. The number of nitrogens with one attached hydrogen (secondary N) is 2. The Morgan fingerprint density at radius 3 is 2.26 bits per heavy atom. The van der Waals surface area contributed by atoms with Crippen LogP contribution in [0.5, 0.6) is 5.75 Å². The molecule has 3 aromatic rings. The number of benzene rings is 3. The highest BCUT2D eigenvalue weighted by atomic mass is 35.5. The minimum Gasteiger partial charge on any atom is -0.508 e. The standard InChI is InChI=1S/C31H37ClN2O3S/c32-29-8-4-5-9-31(29)38(36,37)34-21-24-12-10-23(11-13-24)20-33-30-17-14-25-19-26(35)15-16-27(25)28(30)18-22-6-2-1-3-7-22/h1-9,15-16,19,23-24,28,30,33-35H,10-14,17-18,20-21H2. The third-order valence-electron chi connectivity index (χ3n) is 8.36. The van der Waals surface area contributed by atoms with E-state index < -0.39 is 10.0 Å². The first-order chi connectivity index (χ1) is 18.4. The van der Waals surface area contributed by atoms with Crippen LogP contribution in [0.3, 0.4) is 0 Å². The first-order valence-corrected chi connectivity index (χ1v) is 15.6. The Morgan fingerprint density at radius 1 is 0.842 bits per heavy atom. The molecule has 0 spiro atoms. The Morgan fingerprint density at radius 2 is 1.53 bits per heavy atom. The van der Waals surface area contributed by atoms with Gasteiger partial charge in [-0.15, -0.1) is 0 Å². The first-order valence-electron chi connectivity index (χ1n) is 13.7. The molecule has 0 aliphatic heterocycles. The number of phenols is 1. The van der Waals surface area contributed by atoms with Gasteiger partial charge < -0.3 is 10.4 Å². The molecule has 5 nitrogen and oxygen atoms in total. The monoisotopic (exact) mass is 552 g/mol. The zero-order chi connectivity index (χ0) is 26.5. The van der Waals surface area contributed by atoms with Gasteiger partial charge >= 0.3 is 0 Å². The average Bonchev–Trinajstić information content (AvgIpc) is 2.92. The third kappa shape index (κ3) is 6.60. The summed E-state index contributed by atoms with van der Waals surface area (Å²) in [6.45, 7) is 1.44. The maximum Gasteiger partial charge on any atom is 0.242 e. The second kappa shape index (κ2) is 12.2. The first kappa shape index (κ1) is 27.2. The van der Waals surface area contributed by atoms with Gasteiger partial charge in [-0.3, -0.25) is 0 Å². The smallest absolute Gasteiger partial charge is 0.242 e. The fraction of sp³-hybridized carbons (Fsp3) is 0.419. The number of aromatic hydroxyl groups is 1. The van der Waals surface area contributed by atoms with Gasteiger partial charge in [0.05, 0.1) is 5.02 Å². The predicted molar refractivity (Wildman–Crippen MR) is 153 cm³/mol. The molecular weight excluding hydrogens is 516 g/mol. The van der Waals surface area contributed by atoms with Crippen LogP contribution in [0.4, 0.5) is 0 Å². The van der Waals surface area contributed by atoms with Crippen LogP contribution in [0.1, 0.15) is 54.7 Å².